The van der Waals surface area contributed by atoms with Crippen molar-refractivity contribution in [3.63, 3.8) is 0 Å². The number of rotatable bonds is 10. The number of amides is 1. The zero-order chi connectivity index (χ0) is 28.2. The monoisotopic (exact) mass is 548 g/mol. The largest absolute Gasteiger partial charge is 0.497 e. The number of carbonyl (C=O) groups is 1. The molecule has 2 unspecified atom stereocenters. The number of aliphatic hydroxyl groups is 2. The molecule has 0 saturated carbocycles. The Balaban J connectivity index is 1.35. The topological polar surface area (TPSA) is 153 Å². The minimum atomic E-state index is -1.14. The lowest BCUT2D eigenvalue weighted by atomic mass is 10.0. The summed E-state index contributed by atoms with van der Waals surface area (Å²) in [6.07, 6.45) is 0.383. The van der Waals surface area contributed by atoms with E-state index in [9.17, 15) is 15.0 Å². The Labute approximate surface area is 231 Å². The van der Waals surface area contributed by atoms with Gasteiger partial charge in [0.25, 0.3) is 5.91 Å². The molecule has 0 bridgehead atoms. The lowest BCUT2D eigenvalue weighted by Gasteiger charge is -2.22. The van der Waals surface area contributed by atoms with E-state index < -0.39 is 36.9 Å². The number of fused-ring (bicyclic) bond motifs is 1. The minimum absolute atomic E-state index is 0.213. The van der Waals surface area contributed by atoms with E-state index in [4.69, 9.17) is 14.2 Å². The maximum absolute atomic E-state index is 13.2. The molecule has 1 amide bonds. The van der Waals surface area contributed by atoms with E-state index >= 15 is 0 Å². The number of ether oxygens (including phenoxy) is 3. The fraction of sp³-hybridized carbons (Fsp3) is 0.357. The van der Waals surface area contributed by atoms with Crippen LogP contribution in [0.4, 0.5) is 5.82 Å². The predicted molar refractivity (Wildman–Crippen MR) is 146 cm³/mol. The van der Waals surface area contributed by atoms with Crippen molar-refractivity contribution >= 4 is 22.9 Å². The van der Waals surface area contributed by atoms with Gasteiger partial charge in [-0.15, -0.1) is 0 Å². The molecule has 210 valence electrons. The number of aromatic nitrogens is 4. The van der Waals surface area contributed by atoms with Crippen molar-refractivity contribution in [2.75, 3.05) is 26.1 Å². The van der Waals surface area contributed by atoms with Crippen molar-refractivity contribution in [1.29, 1.82) is 0 Å². The molecule has 4 aromatic rings. The number of aliphatic hydroxyl groups excluding tert-OH is 2. The van der Waals surface area contributed by atoms with Crippen molar-refractivity contribution in [3.8, 4) is 11.5 Å². The number of aryl methyl sites for hydroxylation is 1. The first kappa shape index (κ1) is 27.3. The first-order valence-electron chi connectivity index (χ1n) is 12.8. The van der Waals surface area contributed by atoms with Crippen LogP contribution in [-0.4, -0.2) is 80.8 Å². The lowest BCUT2D eigenvalue weighted by molar-refractivity contribution is -0.0255. The Hall–Kier alpha value is -4.26. The van der Waals surface area contributed by atoms with Gasteiger partial charge in [0.15, 0.2) is 11.5 Å². The third kappa shape index (κ3) is 5.69. The summed E-state index contributed by atoms with van der Waals surface area (Å²) in [4.78, 5) is 26.5. The van der Waals surface area contributed by atoms with Gasteiger partial charge in [-0.05, 0) is 24.6 Å². The van der Waals surface area contributed by atoms with Gasteiger partial charge >= 0.3 is 0 Å². The van der Waals surface area contributed by atoms with Gasteiger partial charge in [0.05, 0.1) is 45.8 Å². The fourth-order valence-electron chi connectivity index (χ4n) is 4.85. The third-order valence-corrected chi connectivity index (χ3v) is 6.91. The molecule has 3 heterocycles. The van der Waals surface area contributed by atoms with Crippen LogP contribution in [0.15, 0.2) is 55.1 Å². The summed E-state index contributed by atoms with van der Waals surface area (Å²) in [7, 11) is 2.99. The minimum Gasteiger partial charge on any atom is -0.497 e. The van der Waals surface area contributed by atoms with E-state index in [1.165, 1.54) is 26.1 Å². The summed E-state index contributed by atoms with van der Waals surface area (Å²) in [5, 5.41) is 26.9. The second-order valence-corrected chi connectivity index (χ2v) is 9.62. The van der Waals surface area contributed by atoms with E-state index in [0.717, 1.165) is 5.56 Å². The number of imidazole rings is 1. The normalized spacial score (nSPS) is 20.4. The van der Waals surface area contributed by atoms with Gasteiger partial charge in [-0.25, -0.2) is 15.0 Å². The van der Waals surface area contributed by atoms with Crippen LogP contribution >= 0.6 is 0 Å². The average Bonchev–Trinajstić information content (AvgIpc) is 3.52. The van der Waals surface area contributed by atoms with E-state index in [2.05, 4.69) is 31.7 Å². The second-order valence-electron chi connectivity index (χ2n) is 9.62. The van der Waals surface area contributed by atoms with Crippen LogP contribution in [0.5, 0.6) is 11.5 Å². The maximum atomic E-state index is 13.2. The number of nitrogens with zero attached hydrogens (tertiary/aromatic N) is 4. The lowest BCUT2D eigenvalue weighted by Crippen LogP contribution is -2.49. The molecule has 0 radical (unpaired) electrons. The van der Waals surface area contributed by atoms with Gasteiger partial charge in [0.1, 0.15) is 35.6 Å². The Kier molecular flexibility index (Phi) is 8.10. The molecule has 5 rings (SSSR count). The molecule has 1 saturated heterocycles. The van der Waals surface area contributed by atoms with Crippen LogP contribution in [0.2, 0.25) is 0 Å². The highest BCUT2D eigenvalue weighted by Crippen LogP contribution is 2.27. The molecule has 0 aliphatic carbocycles. The summed E-state index contributed by atoms with van der Waals surface area (Å²) < 4.78 is 18.3. The molecule has 12 heteroatoms. The Bertz CT molecular complexity index is 1470. The van der Waals surface area contributed by atoms with Gasteiger partial charge in [-0.2, -0.15) is 0 Å². The second kappa shape index (κ2) is 11.9. The van der Waals surface area contributed by atoms with E-state index in [-0.39, 0.29) is 6.54 Å². The molecular formula is C28H32N6O6. The van der Waals surface area contributed by atoms with Crippen molar-refractivity contribution in [1.82, 2.24) is 24.8 Å². The number of benzene rings is 2. The molecule has 1 aliphatic rings. The summed E-state index contributed by atoms with van der Waals surface area (Å²) in [6, 6.07) is 12.2. The van der Waals surface area contributed by atoms with E-state index in [0.29, 0.717) is 40.6 Å². The number of methoxy groups -OCH3 is 2. The van der Waals surface area contributed by atoms with Gasteiger partial charge < -0.3 is 39.6 Å². The molecule has 1 aliphatic heterocycles. The van der Waals surface area contributed by atoms with Crippen LogP contribution in [0.3, 0.4) is 0 Å². The van der Waals surface area contributed by atoms with Crippen molar-refractivity contribution in [3.05, 3.63) is 71.8 Å². The zero-order valence-electron chi connectivity index (χ0n) is 22.4. The number of carbonyl (C=O) groups excluding carboxylic acids is 1. The van der Waals surface area contributed by atoms with Crippen LogP contribution in [0.25, 0.3) is 11.2 Å². The highest BCUT2D eigenvalue weighted by atomic mass is 16.5. The van der Waals surface area contributed by atoms with Crippen LogP contribution in [0, 0.1) is 6.92 Å². The standard InChI is InChI=1S/C28H32N6O6/c1-16-5-4-6-17(7-16)11-29-26-24-27(31-14-30-26)34(15-32-24)12-21-23(25(36)22(13-35)40-21)33-28(37)18-8-19(38-2)10-20(9-18)39-3/h4-10,14-15,21-23,25,35-36H,11-13H2,1-3H3,(H,33,37)(H,29,30,31)/t21?,22?,23-,25+/m1/s1. The maximum Gasteiger partial charge on any atom is 0.251 e. The zero-order valence-corrected chi connectivity index (χ0v) is 22.4. The van der Waals surface area contributed by atoms with Crippen molar-refractivity contribution < 1.29 is 29.2 Å². The fourth-order valence-corrected chi connectivity index (χ4v) is 4.85. The number of nitrogens with one attached hydrogen (secondary N) is 2. The smallest absolute Gasteiger partial charge is 0.251 e. The highest BCUT2D eigenvalue weighted by molar-refractivity contribution is 5.95. The molecule has 0 spiro atoms. The Morgan fingerprint density at radius 2 is 1.85 bits per heavy atom. The average molecular weight is 549 g/mol. The molecule has 12 nitrogen and oxygen atoms in total. The number of hydrogen-bond acceptors (Lipinski definition) is 10. The summed E-state index contributed by atoms with van der Waals surface area (Å²) in [6.45, 7) is 2.42. The summed E-state index contributed by atoms with van der Waals surface area (Å²) in [5.74, 6) is 1.04. The quantitative estimate of drug-likeness (QED) is 0.230. The molecular weight excluding hydrogens is 516 g/mol. The predicted octanol–water partition coefficient (Wildman–Crippen LogP) is 1.68. The third-order valence-electron chi connectivity index (χ3n) is 6.91. The number of anilines is 1. The molecule has 4 N–H and O–H groups in total. The van der Waals surface area contributed by atoms with Crippen molar-refractivity contribution in [2.24, 2.45) is 0 Å². The van der Waals surface area contributed by atoms with Crippen LogP contribution in [0.1, 0.15) is 21.5 Å². The molecule has 2 aromatic carbocycles. The number of hydrogen-bond donors (Lipinski definition) is 4. The summed E-state index contributed by atoms with van der Waals surface area (Å²) in [5.41, 5.74) is 3.72. The highest BCUT2D eigenvalue weighted by Gasteiger charge is 2.44. The van der Waals surface area contributed by atoms with E-state index in [1.54, 1.807) is 29.1 Å². The Morgan fingerprint density at radius 1 is 1.07 bits per heavy atom. The first-order valence-corrected chi connectivity index (χ1v) is 12.8. The van der Waals surface area contributed by atoms with Gasteiger partial charge in [-0.1, -0.05) is 29.8 Å². The van der Waals surface area contributed by atoms with Gasteiger partial charge in [0.2, 0.25) is 0 Å². The van der Waals surface area contributed by atoms with Crippen molar-refractivity contribution in [2.45, 2.75) is 44.4 Å². The first-order chi connectivity index (χ1) is 19.4. The van der Waals surface area contributed by atoms with Crippen LogP contribution < -0.4 is 20.1 Å². The van der Waals surface area contributed by atoms with E-state index in [1.807, 2.05) is 25.1 Å². The molecule has 40 heavy (non-hydrogen) atoms. The molecule has 4 atom stereocenters. The Morgan fingerprint density at radius 3 is 2.55 bits per heavy atom. The van der Waals surface area contributed by atoms with Gasteiger partial charge in [-0.3, -0.25) is 4.79 Å². The SMILES string of the molecule is COc1cc(OC)cc(C(=O)N[C@@H]2C(Cn3cnc4c(NCc5cccc(C)c5)ncnc43)OC(CO)[C@@H]2O)c1. The van der Waals surface area contributed by atoms with Gasteiger partial charge in [0, 0.05) is 18.2 Å². The summed E-state index contributed by atoms with van der Waals surface area (Å²) >= 11 is 0. The molecule has 2 aromatic heterocycles. The van der Waals surface area contributed by atoms with Crippen LogP contribution in [-0.2, 0) is 17.8 Å². The molecule has 1 fully saturated rings.